The van der Waals surface area contributed by atoms with Gasteiger partial charge in [0.1, 0.15) is 19.6 Å². The molecule has 1 atom stereocenters. The van der Waals surface area contributed by atoms with Crippen LogP contribution in [0.3, 0.4) is 0 Å². The Morgan fingerprint density at radius 1 is 1.27 bits per heavy atom. The van der Waals surface area contributed by atoms with E-state index in [2.05, 4.69) is 0 Å². The van der Waals surface area contributed by atoms with Crippen LogP contribution in [0.1, 0.15) is 0 Å². The molecule has 2 aliphatic heterocycles. The molecule has 2 heterocycles. The number of carbonyl (C=O) groups is 2. The topological polar surface area (TPSA) is 88.3 Å². The summed E-state index contributed by atoms with van der Waals surface area (Å²) in [7, 11) is 1.86. The summed E-state index contributed by atoms with van der Waals surface area (Å²) in [5.41, 5.74) is 5.02. The normalized spacial score (nSPS) is 20.9. The Labute approximate surface area is 149 Å². The van der Waals surface area contributed by atoms with Crippen molar-refractivity contribution in [1.29, 1.82) is 0 Å². The van der Waals surface area contributed by atoms with E-state index in [-0.39, 0.29) is 50.3 Å². The van der Waals surface area contributed by atoms with Crippen LogP contribution in [0.2, 0.25) is 6.32 Å². The Kier molecular flexibility index (Phi) is 5.17. The number of nitrogens with zero attached hydrogens (tertiary/aromatic N) is 3. The first-order valence-electron chi connectivity index (χ1n) is 8.32. The maximum absolute atomic E-state index is 14.6. The average molecular weight is 368 g/mol. The van der Waals surface area contributed by atoms with E-state index in [9.17, 15) is 18.4 Å². The standard InChI is InChI=1S/C15H19BF2N4O4/c16-7-10-8-21(15(24)26-10)9-5-11(17)13(12(18)6-9)20-1-2-22(14(19)23)25-4-3-20/h5-6,10H,1-4,7-8,16H2,(H2,19,23)/t10-/m0/s1. The Morgan fingerprint density at radius 2 is 1.96 bits per heavy atom. The minimum Gasteiger partial charge on any atom is -0.445 e. The van der Waals surface area contributed by atoms with Crippen molar-refractivity contribution in [2.24, 2.45) is 5.73 Å². The number of hydrogen-bond acceptors (Lipinski definition) is 5. The minimum atomic E-state index is -0.805. The monoisotopic (exact) mass is 368 g/mol. The number of rotatable bonds is 3. The smallest absolute Gasteiger partial charge is 0.414 e. The zero-order chi connectivity index (χ0) is 18.8. The van der Waals surface area contributed by atoms with Crippen LogP contribution in [0.4, 0.5) is 29.7 Å². The average Bonchev–Trinajstić information content (AvgIpc) is 2.80. The van der Waals surface area contributed by atoms with Crippen LogP contribution < -0.4 is 15.5 Å². The summed E-state index contributed by atoms with van der Waals surface area (Å²) in [6.45, 7) is 0.714. The third-order valence-electron chi connectivity index (χ3n) is 4.39. The first kappa shape index (κ1) is 18.2. The fourth-order valence-electron chi connectivity index (χ4n) is 3.00. The lowest BCUT2D eigenvalue weighted by Gasteiger charge is -2.24. The largest absolute Gasteiger partial charge is 0.445 e. The number of halogens is 2. The molecule has 26 heavy (non-hydrogen) atoms. The number of urea groups is 1. The van der Waals surface area contributed by atoms with E-state index < -0.39 is 23.8 Å². The lowest BCUT2D eigenvalue weighted by atomic mass is 9.99. The molecular weight excluding hydrogens is 349 g/mol. The van der Waals surface area contributed by atoms with E-state index >= 15 is 0 Å². The summed E-state index contributed by atoms with van der Waals surface area (Å²) in [6, 6.07) is 1.45. The van der Waals surface area contributed by atoms with Crippen molar-refractivity contribution in [3.63, 3.8) is 0 Å². The number of ether oxygens (including phenoxy) is 1. The SMILES string of the molecule is BC[C@H]1CN(c2cc(F)c(N3CCON(C(N)=O)CC3)c(F)c2)C(=O)O1. The second kappa shape index (κ2) is 7.36. The molecule has 0 aromatic heterocycles. The molecule has 0 spiro atoms. The quantitative estimate of drug-likeness (QED) is 0.784. The van der Waals surface area contributed by atoms with Gasteiger partial charge in [0, 0.05) is 25.2 Å². The van der Waals surface area contributed by atoms with Crippen molar-refractivity contribution >= 4 is 31.3 Å². The molecule has 0 radical (unpaired) electrons. The van der Waals surface area contributed by atoms with Gasteiger partial charge in [0.25, 0.3) is 0 Å². The summed E-state index contributed by atoms with van der Waals surface area (Å²) >= 11 is 0. The van der Waals surface area contributed by atoms with Crippen LogP contribution in [0.5, 0.6) is 0 Å². The van der Waals surface area contributed by atoms with Crippen LogP contribution in [-0.2, 0) is 9.57 Å². The van der Waals surface area contributed by atoms with Gasteiger partial charge in [-0.05, 0) is 6.32 Å². The molecule has 0 saturated carbocycles. The maximum Gasteiger partial charge on any atom is 0.414 e. The molecule has 140 valence electrons. The van der Waals surface area contributed by atoms with Crippen molar-refractivity contribution < 1.29 is 27.9 Å². The van der Waals surface area contributed by atoms with Gasteiger partial charge < -0.3 is 15.4 Å². The predicted molar refractivity (Wildman–Crippen MR) is 91.8 cm³/mol. The number of benzene rings is 1. The lowest BCUT2D eigenvalue weighted by Crippen LogP contribution is -2.38. The number of carbonyl (C=O) groups excluding carboxylic acids is 2. The molecule has 0 bridgehead atoms. The Hall–Kier alpha value is -2.56. The van der Waals surface area contributed by atoms with Crippen molar-refractivity contribution in [3.8, 4) is 0 Å². The molecule has 3 amide bonds. The zero-order valence-corrected chi connectivity index (χ0v) is 14.3. The van der Waals surface area contributed by atoms with E-state index in [1.54, 1.807) is 0 Å². The van der Waals surface area contributed by atoms with Gasteiger partial charge in [0.2, 0.25) is 0 Å². The fraction of sp³-hybridized carbons (Fsp3) is 0.467. The molecule has 0 aliphatic carbocycles. The van der Waals surface area contributed by atoms with Crippen molar-refractivity contribution in [3.05, 3.63) is 23.8 Å². The van der Waals surface area contributed by atoms with Crippen LogP contribution in [-0.4, -0.2) is 63.9 Å². The van der Waals surface area contributed by atoms with Gasteiger partial charge in [0.05, 0.1) is 25.4 Å². The summed E-state index contributed by atoms with van der Waals surface area (Å²) in [6.07, 6.45) is -0.297. The van der Waals surface area contributed by atoms with Gasteiger partial charge in [-0.2, -0.15) is 0 Å². The van der Waals surface area contributed by atoms with E-state index in [0.717, 1.165) is 17.2 Å². The summed E-state index contributed by atoms with van der Waals surface area (Å²) in [4.78, 5) is 30.8. The third kappa shape index (κ3) is 3.52. The lowest BCUT2D eigenvalue weighted by molar-refractivity contribution is -0.102. The van der Waals surface area contributed by atoms with E-state index in [0.29, 0.717) is 6.32 Å². The Bertz CT molecular complexity index is 700. The summed E-state index contributed by atoms with van der Waals surface area (Å²) in [5, 5.41) is 0.954. The van der Waals surface area contributed by atoms with Crippen LogP contribution in [0.15, 0.2) is 12.1 Å². The second-order valence-electron chi connectivity index (χ2n) is 6.04. The van der Waals surface area contributed by atoms with E-state index in [1.165, 1.54) is 9.80 Å². The molecule has 3 rings (SSSR count). The number of hydroxylamine groups is 2. The predicted octanol–water partition coefficient (Wildman–Crippen LogP) is 0.474. The third-order valence-corrected chi connectivity index (χ3v) is 4.39. The molecular formula is C15H19BF2N4O4. The molecule has 0 unspecified atom stereocenters. The second-order valence-corrected chi connectivity index (χ2v) is 6.04. The van der Waals surface area contributed by atoms with Crippen LogP contribution in [0, 0.1) is 11.6 Å². The maximum atomic E-state index is 14.6. The summed E-state index contributed by atoms with van der Waals surface area (Å²) < 4.78 is 34.4. The van der Waals surface area contributed by atoms with Crippen LogP contribution >= 0.6 is 0 Å². The zero-order valence-electron chi connectivity index (χ0n) is 14.3. The van der Waals surface area contributed by atoms with Gasteiger partial charge in [-0.15, -0.1) is 0 Å². The van der Waals surface area contributed by atoms with Gasteiger partial charge in [-0.3, -0.25) is 9.74 Å². The minimum absolute atomic E-state index is 0.0558. The number of hydrogen-bond donors (Lipinski definition) is 1. The molecule has 8 nitrogen and oxygen atoms in total. The molecule has 1 aromatic rings. The molecule has 11 heteroatoms. The number of amides is 3. The summed E-state index contributed by atoms with van der Waals surface area (Å²) in [5.74, 6) is -1.61. The first-order valence-corrected chi connectivity index (χ1v) is 8.32. The number of anilines is 2. The Balaban J connectivity index is 1.82. The first-order chi connectivity index (χ1) is 12.4. The van der Waals surface area contributed by atoms with Crippen molar-refractivity contribution in [2.75, 3.05) is 42.6 Å². The molecule has 1 aromatic carbocycles. The van der Waals surface area contributed by atoms with Gasteiger partial charge in [-0.1, -0.05) is 0 Å². The molecule has 2 aliphatic rings. The molecule has 2 N–H and O–H groups in total. The highest BCUT2D eigenvalue weighted by Gasteiger charge is 2.32. The van der Waals surface area contributed by atoms with E-state index in [1.807, 2.05) is 7.85 Å². The number of nitrogens with two attached hydrogens (primary N) is 1. The van der Waals surface area contributed by atoms with E-state index in [4.69, 9.17) is 15.3 Å². The van der Waals surface area contributed by atoms with Crippen LogP contribution in [0.25, 0.3) is 0 Å². The Morgan fingerprint density at radius 3 is 2.54 bits per heavy atom. The van der Waals surface area contributed by atoms with Crippen molar-refractivity contribution in [2.45, 2.75) is 12.4 Å². The fourth-order valence-corrected chi connectivity index (χ4v) is 3.00. The van der Waals surface area contributed by atoms with Gasteiger partial charge in [0.15, 0.2) is 11.6 Å². The highest BCUT2D eigenvalue weighted by Crippen LogP contribution is 2.31. The number of primary amides is 1. The number of cyclic esters (lactones) is 1. The highest BCUT2D eigenvalue weighted by atomic mass is 19.1. The highest BCUT2D eigenvalue weighted by molar-refractivity contribution is 6.09. The molecule has 2 fully saturated rings. The van der Waals surface area contributed by atoms with Gasteiger partial charge in [-0.25, -0.2) is 23.4 Å². The molecule has 2 saturated heterocycles. The van der Waals surface area contributed by atoms with Crippen molar-refractivity contribution in [1.82, 2.24) is 5.06 Å². The van der Waals surface area contributed by atoms with Gasteiger partial charge >= 0.3 is 12.1 Å².